The number of thiophene rings is 2. The molecule has 24 heavy (non-hydrogen) atoms. The number of pyridine rings is 1. The Balaban J connectivity index is 2.00. The van der Waals surface area contributed by atoms with Gasteiger partial charge >= 0.3 is 0 Å². The molecule has 3 rings (SSSR count). The van der Waals surface area contributed by atoms with Gasteiger partial charge in [-0.3, -0.25) is 9.78 Å². The van der Waals surface area contributed by atoms with Gasteiger partial charge in [0.2, 0.25) is 0 Å². The molecule has 2 N–H and O–H groups in total. The fourth-order valence-electron chi connectivity index (χ4n) is 2.37. The van der Waals surface area contributed by atoms with Crippen LogP contribution >= 0.6 is 34.3 Å². The number of aliphatic hydroxyl groups excluding tert-OH is 1. The van der Waals surface area contributed by atoms with Crippen LogP contribution in [0.1, 0.15) is 26.9 Å². The van der Waals surface area contributed by atoms with Crippen LogP contribution in [-0.4, -0.2) is 21.6 Å². The zero-order valence-corrected chi connectivity index (χ0v) is 14.7. The zero-order chi connectivity index (χ0) is 17.1. The molecule has 0 aliphatic rings. The van der Waals surface area contributed by atoms with Gasteiger partial charge in [-0.25, -0.2) is 0 Å². The number of hydrogen-bond acceptors (Lipinski definition) is 6. The highest BCUT2D eigenvalue weighted by Gasteiger charge is 2.34. The second-order valence-corrected chi connectivity index (χ2v) is 7.60. The molecule has 3 aromatic heterocycles. The fraction of sp³-hybridized carbons (Fsp3) is 0.118. The Morgan fingerprint density at radius 1 is 1.29 bits per heavy atom. The largest absolute Gasteiger partial charge is 0.387 e. The Labute approximate surface area is 151 Å². The van der Waals surface area contributed by atoms with Gasteiger partial charge in [0.05, 0.1) is 26.9 Å². The van der Waals surface area contributed by atoms with E-state index in [9.17, 15) is 9.90 Å². The summed E-state index contributed by atoms with van der Waals surface area (Å²) in [6.07, 6.45) is 1.95. The SMILES string of the molecule is N=C(c1ccc(Cl)s1)C(C(=O)c1ccsc1)C(O)c1cccnc1. The Morgan fingerprint density at radius 3 is 2.71 bits per heavy atom. The molecule has 0 aromatic carbocycles. The minimum Gasteiger partial charge on any atom is -0.387 e. The molecule has 0 aliphatic carbocycles. The van der Waals surface area contributed by atoms with Crippen LogP contribution in [-0.2, 0) is 0 Å². The highest BCUT2D eigenvalue weighted by atomic mass is 35.5. The van der Waals surface area contributed by atoms with Crippen molar-refractivity contribution in [3.63, 3.8) is 0 Å². The number of carbonyl (C=O) groups excluding carboxylic acids is 1. The molecule has 0 aliphatic heterocycles. The smallest absolute Gasteiger partial charge is 0.175 e. The maximum absolute atomic E-state index is 12.9. The number of rotatable bonds is 6. The van der Waals surface area contributed by atoms with Crippen LogP contribution in [0.3, 0.4) is 0 Å². The van der Waals surface area contributed by atoms with E-state index in [2.05, 4.69) is 4.98 Å². The first-order valence-electron chi connectivity index (χ1n) is 7.06. The number of halogens is 1. The molecule has 3 heterocycles. The lowest BCUT2D eigenvalue weighted by molar-refractivity contribution is 0.0794. The molecule has 0 fully saturated rings. The van der Waals surface area contributed by atoms with E-state index < -0.39 is 12.0 Å². The highest BCUT2D eigenvalue weighted by molar-refractivity contribution is 7.18. The third kappa shape index (κ3) is 3.47. The van der Waals surface area contributed by atoms with E-state index in [1.165, 1.54) is 28.9 Å². The summed E-state index contributed by atoms with van der Waals surface area (Å²) in [4.78, 5) is 17.5. The molecule has 0 radical (unpaired) electrons. The Kier molecular flexibility index (Phi) is 5.20. The molecular weight excluding hydrogens is 364 g/mol. The van der Waals surface area contributed by atoms with Gasteiger partial charge < -0.3 is 10.5 Å². The summed E-state index contributed by atoms with van der Waals surface area (Å²) in [5.74, 6) is -1.30. The molecule has 2 atom stereocenters. The van der Waals surface area contributed by atoms with Crippen LogP contribution in [0.5, 0.6) is 0 Å². The van der Waals surface area contributed by atoms with Crippen molar-refractivity contribution in [1.29, 1.82) is 5.41 Å². The van der Waals surface area contributed by atoms with Crippen molar-refractivity contribution in [2.24, 2.45) is 5.92 Å². The number of carbonyl (C=O) groups is 1. The highest BCUT2D eigenvalue weighted by Crippen LogP contribution is 2.32. The summed E-state index contributed by atoms with van der Waals surface area (Å²) in [5.41, 5.74) is 1.04. The summed E-state index contributed by atoms with van der Waals surface area (Å²) >= 11 is 8.57. The number of nitrogens with zero attached hydrogens (tertiary/aromatic N) is 1. The fourth-order valence-corrected chi connectivity index (χ4v) is 4.05. The molecule has 2 unspecified atom stereocenters. The minimum atomic E-state index is -1.15. The van der Waals surface area contributed by atoms with Crippen molar-refractivity contribution in [2.75, 3.05) is 0 Å². The number of aliphatic hydroxyl groups is 1. The summed E-state index contributed by atoms with van der Waals surface area (Å²) in [6, 6.07) is 8.46. The Bertz CT molecular complexity index is 847. The average Bonchev–Trinajstić information content (AvgIpc) is 3.27. The first-order valence-corrected chi connectivity index (χ1v) is 9.20. The van der Waals surface area contributed by atoms with Crippen LogP contribution in [0.4, 0.5) is 0 Å². The molecular formula is C17H13ClN2O2S2. The minimum absolute atomic E-state index is 0.0550. The second-order valence-electron chi connectivity index (χ2n) is 5.10. The normalized spacial score (nSPS) is 13.4. The van der Waals surface area contributed by atoms with Gasteiger partial charge in [-0.2, -0.15) is 11.3 Å². The van der Waals surface area contributed by atoms with Crippen molar-refractivity contribution in [1.82, 2.24) is 4.98 Å². The molecule has 0 amide bonds. The molecule has 122 valence electrons. The third-order valence-corrected chi connectivity index (χ3v) is 5.53. The van der Waals surface area contributed by atoms with E-state index in [0.29, 0.717) is 20.3 Å². The molecule has 3 aromatic rings. The molecule has 0 saturated heterocycles. The van der Waals surface area contributed by atoms with Crippen LogP contribution in [0.2, 0.25) is 4.34 Å². The Morgan fingerprint density at radius 2 is 2.12 bits per heavy atom. The van der Waals surface area contributed by atoms with Crippen molar-refractivity contribution in [2.45, 2.75) is 6.10 Å². The maximum Gasteiger partial charge on any atom is 0.175 e. The lowest BCUT2D eigenvalue weighted by atomic mass is 9.85. The average molecular weight is 377 g/mol. The molecule has 0 saturated carbocycles. The predicted molar refractivity (Wildman–Crippen MR) is 97.5 cm³/mol. The standard InChI is InChI=1S/C17H13ClN2O2S2/c18-13-4-3-12(24-13)15(19)14(17(22)11-5-7-23-9-11)16(21)10-2-1-6-20-8-10/h1-9,14,16,19,21H. The first kappa shape index (κ1) is 17.0. The van der Waals surface area contributed by atoms with Gasteiger partial charge in [-0.05, 0) is 35.2 Å². The maximum atomic E-state index is 12.9. The summed E-state index contributed by atoms with van der Waals surface area (Å²) in [6.45, 7) is 0. The summed E-state index contributed by atoms with van der Waals surface area (Å²) in [5, 5.41) is 22.7. The lowest BCUT2D eigenvalue weighted by Crippen LogP contribution is -2.30. The van der Waals surface area contributed by atoms with E-state index in [4.69, 9.17) is 17.0 Å². The van der Waals surface area contributed by atoms with Crippen molar-refractivity contribution >= 4 is 45.8 Å². The van der Waals surface area contributed by atoms with Crippen molar-refractivity contribution in [3.8, 4) is 0 Å². The third-order valence-electron chi connectivity index (χ3n) is 3.58. The summed E-state index contributed by atoms with van der Waals surface area (Å²) in [7, 11) is 0. The van der Waals surface area contributed by atoms with Gasteiger partial charge in [0, 0.05) is 23.3 Å². The predicted octanol–water partition coefficient (Wildman–Crippen LogP) is 4.46. The number of nitrogens with one attached hydrogen (secondary N) is 1. The van der Waals surface area contributed by atoms with Crippen LogP contribution in [0.25, 0.3) is 0 Å². The zero-order valence-electron chi connectivity index (χ0n) is 12.3. The number of ketones is 1. The lowest BCUT2D eigenvalue weighted by Gasteiger charge is -2.22. The second kappa shape index (κ2) is 7.36. The first-order chi connectivity index (χ1) is 11.6. The monoisotopic (exact) mass is 376 g/mol. The van der Waals surface area contributed by atoms with Gasteiger partial charge in [-0.1, -0.05) is 17.7 Å². The van der Waals surface area contributed by atoms with Crippen molar-refractivity contribution in [3.05, 3.63) is 73.8 Å². The molecule has 4 nitrogen and oxygen atoms in total. The van der Waals surface area contributed by atoms with Gasteiger partial charge in [0.15, 0.2) is 5.78 Å². The van der Waals surface area contributed by atoms with Crippen LogP contribution in [0.15, 0.2) is 53.5 Å². The molecule has 7 heteroatoms. The van der Waals surface area contributed by atoms with E-state index in [1.807, 2.05) is 0 Å². The van der Waals surface area contributed by atoms with Crippen LogP contribution < -0.4 is 0 Å². The van der Waals surface area contributed by atoms with E-state index >= 15 is 0 Å². The molecule has 0 spiro atoms. The number of Topliss-reactive ketones (excluding diaryl/α,β-unsaturated/α-hetero) is 1. The van der Waals surface area contributed by atoms with E-state index in [1.54, 1.807) is 47.3 Å². The van der Waals surface area contributed by atoms with Gasteiger partial charge in [0.25, 0.3) is 0 Å². The quantitative estimate of drug-likeness (QED) is 0.492. The topological polar surface area (TPSA) is 74.0 Å². The summed E-state index contributed by atoms with van der Waals surface area (Å²) < 4.78 is 0.535. The number of hydrogen-bond donors (Lipinski definition) is 2. The van der Waals surface area contributed by atoms with E-state index in [-0.39, 0.29) is 11.5 Å². The molecule has 0 bridgehead atoms. The van der Waals surface area contributed by atoms with Gasteiger partial charge in [0.1, 0.15) is 0 Å². The van der Waals surface area contributed by atoms with Gasteiger partial charge in [-0.15, -0.1) is 11.3 Å². The van der Waals surface area contributed by atoms with Crippen molar-refractivity contribution < 1.29 is 9.90 Å². The number of aromatic nitrogens is 1. The van der Waals surface area contributed by atoms with E-state index in [0.717, 1.165) is 0 Å². The Hall–Kier alpha value is -1.86. The van der Waals surface area contributed by atoms with Crippen LogP contribution in [0, 0.1) is 11.3 Å².